The van der Waals surface area contributed by atoms with E-state index in [2.05, 4.69) is 19.1 Å². The van der Waals surface area contributed by atoms with Gasteiger partial charge in [-0.25, -0.2) is 4.68 Å². The average Bonchev–Trinajstić information content (AvgIpc) is 3.13. The van der Waals surface area contributed by atoms with E-state index in [-0.39, 0.29) is 16.8 Å². The number of para-hydroxylation sites is 1. The van der Waals surface area contributed by atoms with E-state index < -0.39 is 0 Å². The lowest BCUT2D eigenvalue weighted by atomic mass is 10.2. The zero-order chi connectivity index (χ0) is 19.1. The number of thioether (sulfide) groups is 2. The highest BCUT2D eigenvalue weighted by atomic mass is 32.2. The van der Waals surface area contributed by atoms with Crippen LogP contribution in [0.3, 0.4) is 0 Å². The van der Waals surface area contributed by atoms with Crippen LogP contribution in [0.4, 0.5) is 5.69 Å². The van der Waals surface area contributed by atoms with Crippen LogP contribution in [0.5, 0.6) is 0 Å². The van der Waals surface area contributed by atoms with Crippen molar-refractivity contribution in [2.24, 2.45) is 7.05 Å². The Morgan fingerprint density at radius 1 is 1.11 bits per heavy atom. The number of anilines is 1. The molecule has 0 spiro atoms. The van der Waals surface area contributed by atoms with E-state index in [4.69, 9.17) is 0 Å². The Labute approximate surface area is 166 Å². The van der Waals surface area contributed by atoms with Gasteiger partial charge in [0.05, 0.1) is 17.1 Å². The first-order valence-corrected chi connectivity index (χ1v) is 10.8. The van der Waals surface area contributed by atoms with Crippen LogP contribution >= 0.6 is 23.5 Å². The summed E-state index contributed by atoms with van der Waals surface area (Å²) >= 11 is 3.33. The lowest BCUT2D eigenvalue weighted by Crippen LogP contribution is -2.37. The fraction of sp³-hybridized carbons (Fsp3) is 0.300. The molecule has 0 saturated carbocycles. The van der Waals surface area contributed by atoms with Crippen molar-refractivity contribution in [3.05, 3.63) is 69.0 Å². The van der Waals surface area contributed by atoms with Crippen molar-refractivity contribution in [3.8, 4) is 5.69 Å². The van der Waals surface area contributed by atoms with Gasteiger partial charge in [-0.05, 0) is 32.1 Å². The van der Waals surface area contributed by atoms with Gasteiger partial charge in [-0.1, -0.05) is 29.8 Å². The van der Waals surface area contributed by atoms with Gasteiger partial charge in [0.15, 0.2) is 0 Å². The highest BCUT2D eigenvalue weighted by Gasteiger charge is 2.39. The lowest BCUT2D eigenvalue weighted by molar-refractivity contribution is -0.115. The molecule has 2 aromatic rings. The Morgan fingerprint density at radius 2 is 1.85 bits per heavy atom. The van der Waals surface area contributed by atoms with Crippen molar-refractivity contribution >= 4 is 35.1 Å². The zero-order valence-electron chi connectivity index (χ0n) is 15.5. The maximum Gasteiger partial charge on any atom is 0.295 e. The monoisotopic (exact) mass is 399 g/mol. The number of carbonyl (C=O) groups is 1. The molecule has 1 amide bonds. The Kier molecular flexibility index (Phi) is 4.82. The molecular weight excluding hydrogens is 378 g/mol. The van der Waals surface area contributed by atoms with E-state index in [0.29, 0.717) is 11.4 Å². The van der Waals surface area contributed by atoms with E-state index in [1.54, 1.807) is 33.1 Å². The number of carbonyl (C=O) groups excluding carboxylic acids is 1. The molecule has 0 N–H and O–H groups in total. The number of nitrogens with zero attached hydrogens (tertiary/aromatic N) is 3. The van der Waals surface area contributed by atoms with Gasteiger partial charge in [-0.2, -0.15) is 0 Å². The molecule has 3 heterocycles. The van der Waals surface area contributed by atoms with Gasteiger partial charge < -0.3 is 0 Å². The molecule has 1 atom stereocenters. The summed E-state index contributed by atoms with van der Waals surface area (Å²) in [6, 6.07) is 9.53. The molecule has 4 rings (SSSR count). The van der Waals surface area contributed by atoms with Gasteiger partial charge >= 0.3 is 0 Å². The molecule has 0 bridgehead atoms. The summed E-state index contributed by atoms with van der Waals surface area (Å²) in [6.45, 7) is 3.97. The van der Waals surface area contributed by atoms with Crippen LogP contribution in [0.2, 0.25) is 0 Å². The average molecular weight is 400 g/mol. The van der Waals surface area contributed by atoms with E-state index >= 15 is 0 Å². The van der Waals surface area contributed by atoms with E-state index in [0.717, 1.165) is 22.0 Å². The van der Waals surface area contributed by atoms with Crippen LogP contribution < -0.4 is 10.5 Å². The molecule has 0 radical (unpaired) electrons. The van der Waals surface area contributed by atoms with E-state index in [9.17, 15) is 9.59 Å². The van der Waals surface area contributed by atoms with Crippen LogP contribution in [-0.4, -0.2) is 32.2 Å². The van der Waals surface area contributed by atoms with Crippen molar-refractivity contribution in [3.63, 3.8) is 0 Å². The maximum absolute atomic E-state index is 13.3. The first kappa shape index (κ1) is 18.3. The summed E-state index contributed by atoms with van der Waals surface area (Å²) in [6.07, 6.45) is 4.31. The summed E-state index contributed by atoms with van der Waals surface area (Å²) in [5.41, 5.74) is 3.11. The molecule has 2 aliphatic rings. The van der Waals surface area contributed by atoms with Crippen molar-refractivity contribution in [1.29, 1.82) is 0 Å². The molecule has 0 aliphatic carbocycles. The SMILES string of the molecule is CC1=CCSC(C2SCC(=O)N2c2c(C)n(C)n(-c3ccccc3)c2=O)=C1. The Balaban J connectivity index is 1.84. The Hall–Kier alpha value is -2.12. The minimum atomic E-state index is -0.157. The smallest absolute Gasteiger partial charge is 0.288 e. The Bertz CT molecular complexity index is 1020. The zero-order valence-corrected chi connectivity index (χ0v) is 17.1. The second kappa shape index (κ2) is 7.13. The number of hydrogen-bond donors (Lipinski definition) is 0. The molecule has 1 aromatic heterocycles. The molecule has 5 nitrogen and oxygen atoms in total. The van der Waals surface area contributed by atoms with Crippen molar-refractivity contribution in [2.75, 3.05) is 16.4 Å². The van der Waals surface area contributed by atoms with Gasteiger partial charge in [-0.3, -0.25) is 19.2 Å². The van der Waals surface area contributed by atoms with Gasteiger partial charge in [0.2, 0.25) is 5.91 Å². The van der Waals surface area contributed by atoms with Gasteiger partial charge in [0.25, 0.3) is 5.56 Å². The number of hydrogen-bond acceptors (Lipinski definition) is 4. The van der Waals surface area contributed by atoms with Crippen LogP contribution in [-0.2, 0) is 11.8 Å². The number of aromatic nitrogens is 2. The second-order valence-electron chi connectivity index (χ2n) is 6.64. The molecular formula is C20H21N3O2S2. The van der Waals surface area contributed by atoms with Crippen molar-refractivity contribution < 1.29 is 4.79 Å². The van der Waals surface area contributed by atoms with E-state index in [1.807, 2.05) is 49.0 Å². The first-order valence-electron chi connectivity index (χ1n) is 8.78. The first-order chi connectivity index (χ1) is 13.0. The fourth-order valence-electron chi connectivity index (χ4n) is 3.44. The molecule has 1 aromatic carbocycles. The van der Waals surface area contributed by atoms with Crippen LogP contribution in [0.15, 0.2) is 57.8 Å². The number of benzene rings is 1. The minimum absolute atomic E-state index is 0.00952. The molecule has 27 heavy (non-hydrogen) atoms. The highest BCUT2D eigenvalue weighted by Crippen LogP contribution is 2.41. The summed E-state index contributed by atoms with van der Waals surface area (Å²) in [5.74, 6) is 1.29. The maximum atomic E-state index is 13.3. The Morgan fingerprint density at radius 3 is 2.56 bits per heavy atom. The lowest BCUT2D eigenvalue weighted by Gasteiger charge is -2.26. The summed E-state index contributed by atoms with van der Waals surface area (Å²) < 4.78 is 3.46. The van der Waals surface area contributed by atoms with Crippen molar-refractivity contribution in [2.45, 2.75) is 19.2 Å². The highest BCUT2D eigenvalue weighted by molar-refractivity contribution is 8.06. The summed E-state index contributed by atoms with van der Waals surface area (Å²) in [7, 11) is 1.86. The third kappa shape index (κ3) is 3.08. The topological polar surface area (TPSA) is 47.2 Å². The summed E-state index contributed by atoms with van der Waals surface area (Å²) in [5, 5.41) is -0.135. The molecule has 1 saturated heterocycles. The standard InChI is InChI=1S/C20H21N3O2S2/c1-13-9-10-26-16(11-13)20-22(17(24)12-27-20)18-14(2)21(3)23(19(18)25)15-7-5-4-6-8-15/h4-9,11,20H,10,12H2,1-3H3. The third-order valence-corrected chi connectivity index (χ3v) is 7.25. The predicted octanol–water partition coefficient (Wildman–Crippen LogP) is 3.47. The fourth-order valence-corrected chi connectivity index (χ4v) is 5.95. The minimum Gasteiger partial charge on any atom is -0.288 e. The quantitative estimate of drug-likeness (QED) is 0.793. The van der Waals surface area contributed by atoms with Crippen LogP contribution in [0, 0.1) is 6.92 Å². The number of rotatable bonds is 3. The van der Waals surface area contributed by atoms with E-state index in [1.165, 1.54) is 5.57 Å². The van der Waals surface area contributed by atoms with Gasteiger partial charge in [0.1, 0.15) is 11.1 Å². The molecule has 140 valence electrons. The number of amides is 1. The number of allylic oxidation sites excluding steroid dienone is 2. The second-order valence-corrected chi connectivity index (χ2v) is 8.81. The summed E-state index contributed by atoms with van der Waals surface area (Å²) in [4.78, 5) is 29.0. The van der Waals surface area contributed by atoms with Gasteiger partial charge in [-0.15, -0.1) is 23.5 Å². The molecule has 2 aliphatic heterocycles. The molecule has 7 heteroatoms. The molecule has 1 fully saturated rings. The molecule has 1 unspecified atom stereocenters. The van der Waals surface area contributed by atoms with Gasteiger partial charge in [0, 0.05) is 17.7 Å². The van der Waals surface area contributed by atoms with Crippen LogP contribution in [0.1, 0.15) is 12.6 Å². The predicted molar refractivity (Wildman–Crippen MR) is 114 cm³/mol. The van der Waals surface area contributed by atoms with Crippen LogP contribution in [0.25, 0.3) is 5.69 Å². The largest absolute Gasteiger partial charge is 0.295 e. The normalized spacial score (nSPS) is 20.0. The van der Waals surface area contributed by atoms with Crippen molar-refractivity contribution in [1.82, 2.24) is 9.36 Å². The third-order valence-electron chi connectivity index (χ3n) is 4.90.